The molecule has 1 fully saturated rings. The van der Waals surface area contributed by atoms with Gasteiger partial charge in [0, 0.05) is 17.3 Å². The highest BCUT2D eigenvalue weighted by molar-refractivity contribution is 7.88. The van der Waals surface area contributed by atoms with E-state index in [2.05, 4.69) is 10.3 Å². The first-order chi connectivity index (χ1) is 7.99. The number of nitrogens with zero attached hydrogens (tertiary/aromatic N) is 1. The molecule has 0 saturated heterocycles. The van der Waals surface area contributed by atoms with E-state index in [1.807, 2.05) is 6.92 Å². The van der Waals surface area contributed by atoms with Crippen LogP contribution >= 0.6 is 11.3 Å². The molecule has 0 radical (unpaired) electrons. The van der Waals surface area contributed by atoms with E-state index in [1.165, 1.54) is 11.3 Å². The Bertz CT molecular complexity index is 492. The summed E-state index contributed by atoms with van der Waals surface area (Å²) in [5, 5.41) is 8.91. The van der Waals surface area contributed by atoms with Gasteiger partial charge in [-0.05, 0) is 19.4 Å². The second-order valence-electron chi connectivity index (χ2n) is 4.28. The number of thiazole rings is 1. The Kier molecular flexibility index (Phi) is 3.82. The van der Waals surface area contributed by atoms with Crippen molar-refractivity contribution in [3.8, 4) is 0 Å². The first-order valence-electron chi connectivity index (χ1n) is 5.69. The third-order valence-electron chi connectivity index (χ3n) is 2.60. The van der Waals surface area contributed by atoms with Crippen molar-refractivity contribution in [2.24, 2.45) is 5.14 Å². The molecule has 1 saturated carbocycles. The minimum Gasteiger partial charge on any atom is -0.312 e. The molecule has 0 amide bonds. The molecule has 0 atom stereocenters. The fraction of sp³-hybridized carbons (Fsp3) is 0.700. The van der Waals surface area contributed by atoms with Crippen LogP contribution in [0.4, 0.5) is 0 Å². The topological polar surface area (TPSA) is 85.1 Å². The lowest BCUT2D eigenvalue weighted by Gasteiger charge is -2.00. The van der Waals surface area contributed by atoms with Crippen molar-refractivity contribution in [2.45, 2.75) is 38.0 Å². The van der Waals surface area contributed by atoms with Gasteiger partial charge in [0.1, 0.15) is 10.8 Å². The number of aromatic nitrogens is 1. The number of nitrogens with one attached hydrogen (secondary N) is 1. The lowest BCUT2D eigenvalue weighted by atomic mass is 10.2. The quantitative estimate of drug-likeness (QED) is 0.808. The average molecular weight is 275 g/mol. The van der Waals surface area contributed by atoms with Crippen LogP contribution in [0.2, 0.25) is 0 Å². The summed E-state index contributed by atoms with van der Waals surface area (Å²) in [5.74, 6) is 0.387. The minimum atomic E-state index is -3.48. The summed E-state index contributed by atoms with van der Waals surface area (Å²) in [6.45, 7) is 3.71. The van der Waals surface area contributed by atoms with Crippen molar-refractivity contribution in [3.05, 3.63) is 15.6 Å². The van der Waals surface area contributed by atoms with Crippen LogP contribution in [0, 0.1) is 0 Å². The maximum atomic E-state index is 11.0. The number of sulfonamides is 1. The molecule has 0 bridgehead atoms. The fourth-order valence-electron chi connectivity index (χ4n) is 1.69. The molecule has 0 aromatic carbocycles. The standard InChI is InChI=1S/C10H17N3O2S2/c1-2-12-5-8-10(7-3-4-7)13-9(16-8)6-17(11,14)15/h7,12H,2-6H2,1H3,(H2,11,14,15). The molecule has 96 valence electrons. The maximum Gasteiger partial charge on any atom is 0.215 e. The molecule has 1 aliphatic rings. The third-order valence-corrected chi connectivity index (χ3v) is 4.53. The molecular weight excluding hydrogens is 258 g/mol. The van der Waals surface area contributed by atoms with Gasteiger partial charge in [-0.15, -0.1) is 11.3 Å². The molecule has 1 aromatic heterocycles. The van der Waals surface area contributed by atoms with Gasteiger partial charge >= 0.3 is 0 Å². The summed E-state index contributed by atoms with van der Waals surface area (Å²) in [4.78, 5) is 5.59. The van der Waals surface area contributed by atoms with Crippen LogP contribution in [0.25, 0.3) is 0 Å². The molecule has 0 spiro atoms. The van der Waals surface area contributed by atoms with Crippen LogP contribution < -0.4 is 10.5 Å². The van der Waals surface area contributed by atoms with Crippen LogP contribution in [-0.4, -0.2) is 19.9 Å². The van der Waals surface area contributed by atoms with E-state index < -0.39 is 10.0 Å². The average Bonchev–Trinajstić information content (AvgIpc) is 2.97. The molecule has 0 unspecified atom stereocenters. The predicted octanol–water partition coefficient (Wildman–Crippen LogP) is 0.918. The molecule has 5 nitrogen and oxygen atoms in total. The van der Waals surface area contributed by atoms with Gasteiger partial charge in [0.2, 0.25) is 10.0 Å². The normalized spacial score (nSPS) is 16.4. The molecular formula is C10H17N3O2S2. The van der Waals surface area contributed by atoms with Gasteiger partial charge < -0.3 is 5.32 Å². The van der Waals surface area contributed by atoms with Crippen molar-refractivity contribution < 1.29 is 8.42 Å². The van der Waals surface area contributed by atoms with Crippen molar-refractivity contribution in [3.63, 3.8) is 0 Å². The zero-order valence-corrected chi connectivity index (χ0v) is 11.4. The summed E-state index contributed by atoms with van der Waals surface area (Å²) in [5.41, 5.74) is 1.08. The number of hydrogen-bond acceptors (Lipinski definition) is 5. The van der Waals surface area contributed by atoms with Gasteiger partial charge in [0.15, 0.2) is 0 Å². The minimum absolute atomic E-state index is 0.149. The van der Waals surface area contributed by atoms with Crippen molar-refractivity contribution >= 4 is 21.4 Å². The predicted molar refractivity (Wildman–Crippen MR) is 68.3 cm³/mol. The Morgan fingerprint density at radius 2 is 2.24 bits per heavy atom. The van der Waals surface area contributed by atoms with Gasteiger partial charge in [0.05, 0.1) is 5.69 Å². The lowest BCUT2D eigenvalue weighted by molar-refractivity contribution is 0.597. The molecule has 2 rings (SSSR count). The van der Waals surface area contributed by atoms with E-state index in [0.29, 0.717) is 10.9 Å². The van der Waals surface area contributed by atoms with Gasteiger partial charge in [-0.1, -0.05) is 6.92 Å². The van der Waals surface area contributed by atoms with E-state index >= 15 is 0 Å². The van der Waals surface area contributed by atoms with E-state index in [9.17, 15) is 8.42 Å². The summed E-state index contributed by atoms with van der Waals surface area (Å²) in [6, 6.07) is 0. The highest BCUT2D eigenvalue weighted by Crippen LogP contribution is 2.42. The Balaban J connectivity index is 2.18. The van der Waals surface area contributed by atoms with Gasteiger partial charge in [-0.25, -0.2) is 18.5 Å². The summed E-state index contributed by atoms with van der Waals surface area (Å²) < 4.78 is 22.1. The molecule has 7 heteroatoms. The molecule has 3 N–H and O–H groups in total. The zero-order chi connectivity index (χ0) is 12.5. The monoisotopic (exact) mass is 275 g/mol. The molecule has 1 aromatic rings. The Hall–Kier alpha value is -0.500. The van der Waals surface area contributed by atoms with Gasteiger partial charge in [-0.3, -0.25) is 0 Å². The highest BCUT2D eigenvalue weighted by atomic mass is 32.2. The van der Waals surface area contributed by atoms with Crippen LogP contribution in [0.15, 0.2) is 0 Å². The van der Waals surface area contributed by atoms with Crippen LogP contribution in [0.5, 0.6) is 0 Å². The lowest BCUT2D eigenvalue weighted by Crippen LogP contribution is -2.14. The fourth-order valence-corrected chi connectivity index (χ4v) is 3.75. The molecule has 0 aliphatic heterocycles. The Morgan fingerprint density at radius 3 is 2.76 bits per heavy atom. The smallest absolute Gasteiger partial charge is 0.215 e. The second-order valence-corrected chi connectivity index (χ2v) is 7.06. The van der Waals surface area contributed by atoms with Crippen LogP contribution in [0.3, 0.4) is 0 Å². The van der Waals surface area contributed by atoms with Gasteiger partial charge in [-0.2, -0.15) is 0 Å². The van der Waals surface area contributed by atoms with Crippen LogP contribution in [0.1, 0.15) is 41.3 Å². The molecule has 1 aliphatic carbocycles. The highest BCUT2D eigenvalue weighted by Gasteiger charge is 2.29. The number of nitrogens with two attached hydrogens (primary N) is 1. The first kappa shape index (κ1) is 12.9. The second kappa shape index (κ2) is 5.01. The molecule has 1 heterocycles. The van der Waals surface area contributed by atoms with Crippen molar-refractivity contribution in [1.29, 1.82) is 0 Å². The summed E-state index contributed by atoms with van der Waals surface area (Å²) in [6.07, 6.45) is 2.33. The Labute approximate surface area is 105 Å². The van der Waals surface area contributed by atoms with E-state index in [0.717, 1.165) is 36.5 Å². The Morgan fingerprint density at radius 1 is 1.53 bits per heavy atom. The maximum absolute atomic E-state index is 11.0. The third kappa shape index (κ3) is 3.74. The zero-order valence-electron chi connectivity index (χ0n) is 9.77. The first-order valence-corrected chi connectivity index (χ1v) is 8.22. The summed E-state index contributed by atoms with van der Waals surface area (Å²) in [7, 11) is -3.48. The van der Waals surface area contributed by atoms with Crippen molar-refractivity contribution in [2.75, 3.05) is 6.54 Å². The van der Waals surface area contributed by atoms with E-state index in [4.69, 9.17) is 5.14 Å². The molecule has 17 heavy (non-hydrogen) atoms. The van der Waals surface area contributed by atoms with Crippen molar-refractivity contribution in [1.82, 2.24) is 10.3 Å². The largest absolute Gasteiger partial charge is 0.312 e. The van der Waals surface area contributed by atoms with E-state index in [-0.39, 0.29) is 5.75 Å². The SMILES string of the molecule is CCNCc1sc(CS(N)(=O)=O)nc1C1CC1. The number of primary sulfonamides is 1. The van der Waals surface area contributed by atoms with Crippen LogP contribution in [-0.2, 0) is 22.3 Å². The number of hydrogen-bond donors (Lipinski definition) is 2. The van der Waals surface area contributed by atoms with E-state index in [1.54, 1.807) is 0 Å². The number of rotatable bonds is 6. The van der Waals surface area contributed by atoms with Gasteiger partial charge in [0.25, 0.3) is 0 Å². The summed E-state index contributed by atoms with van der Waals surface area (Å²) >= 11 is 1.46.